The summed E-state index contributed by atoms with van der Waals surface area (Å²) >= 11 is 1.35. The second-order valence-electron chi connectivity index (χ2n) is 2.13. The van der Waals surface area contributed by atoms with Crippen molar-refractivity contribution in [3.63, 3.8) is 0 Å². The SMILES string of the molecule is NC(=O)C1N=C2N=CC=C2S1. The van der Waals surface area contributed by atoms with Crippen LogP contribution < -0.4 is 5.73 Å². The number of nitrogens with zero attached hydrogens (tertiary/aromatic N) is 2. The number of primary amides is 1. The molecule has 0 aromatic heterocycles. The van der Waals surface area contributed by atoms with Crippen molar-refractivity contribution in [1.29, 1.82) is 0 Å². The van der Waals surface area contributed by atoms with Crippen LogP contribution in [0.15, 0.2) is 21.0 Å². The number of aliphatic imine (C=N–C) groups is 2. The zero-order chi connectivity index (χ0) is 7.84. The Kier molecular flexibility index (Phi) is 1.32. The highest BCUT2D eigenvalue weighted by Crippen LogP contribution is 2.33. The van der Waals surface area contributed by atoms with Gasteiger partial charge in [-0.1, -0.05) is 11.8 Å². The predicted octanol–water partition coefficient (Wildman–Crippen LogP) is -0.0886. The topological polar surface area (TPSA) is 67.8 Å². The van der Waals surface area contributed by atoms with Crippen LogP contribution >= 0.6 is 11.8 Å². The van der Waals surface area contributed by atoms with E-state index in [1.54, 1.807) is 6.21 Å². The van der Waals surface area contributed by atoms with Crippen LogP contribution in [0.3, 0.4) is 0 Å². The van der Waals surface area contributed by atoms with Crippen molar-refractivity contribution in [1.82, 2.24) is 0 Å². The molecule has 2 aliphatic rings. The van der Waals surface area contributed by atoms with E-state index < -0.39 is 11.3 Å². The summed E-state index contributed by atoms with van der Waals surface area (Å²) in [7, 11) is 0. The van der Waals surface area contributed by atoms with Gasteiger partial charge in [0.2, 0.25) is 0 Å². The number of hydrogen-bond acceptors (Lipinski definition) is 4. The van der Waals surface area contributed by atoms with Gasteiger partial charge in [-0.25, -0.2) is 9.98 Å². The Labute approximate surface area is 67.3 Å². The van der Waals surface area contributed by atoms with Crippen LogP contribution in [0, 0.1) is 0 Å². The Morgan fingerprint density at radius 1 is 1.73 bits per heavy atom. The van der Waals surface area contributed by atoms with Crippen molar-refractivity contribution < 1.29 is 4.79 Å². The molecular weight excluding hydrogens is 162 g/mol. The molecule has 2 N–H and O–H groups in total. The summed E-state index contributed by atoms with van der Waals surface area (Å²) in [6.45, 7) is 0. The maximum absolute atomic E-state index is 10.6. The molecule has 1 unspecified atom stereocenters. The number of amidine groups is 1. The van der Waals surface area contributed by atoms with Crippen molar-refractivity contribution in [2.45, 2.75) is 5.37 Å². The number of nitrogens with two attached hydrogens (primary N) is 1. The number of thioether (sulfide) groups is 1. The first-order chi connectivity index (χ1) is 5.27. The zero-order valence-corrected chi connectivity index (χ0v) is 6.34. The normalized spacial score (nSPS) is 26.4. The van der Waals surface area contributed by atoms with Crippen molar-refractivity contribution in [3.05, 3.63) is 11.0 Å². The van der Waals surface area contributed by atoms with Gasteiger partial charge in [0.15, 0.2) is 11.2 Å². The number of amides is 1. The van der Waals surface area contributed by atoms with Gasteiger partial charge < -0.3 is 5.73 Å². The van der Waals surface area contributed by atoms with Crippen LogP contribution in [0.2, 0.25) is 0 Å². The molecule has 0 aliphatic carbocycles. The van der Waals surface area contributed by atoms with E-state index >= 15 is 0 Å². The molecule has 4 nitrogen and oxygen atoms in total. The van der Waals surface area contributed by atoms with Crippen LogP contribution in [-0.4, -0.2) is 23.3 Å². The summed E-state index contributed by atoms with van der Waals surface area (Å²) in [5.74, 6) is 0.229. The maximum Gasteiger partial charge on any atom is 0.253 e. The number of fused-ring (bicyclic) bond motifs is 1. The number of hydrogen-bond donors (Lipinski definition) is 1. The fraction of sp³-hybridized carbons (Fsp3) is 0.167. The van der Waals surface area contributed by atoms with E-state index in [1.807, 2.05) is 6.08 Å². The summed E-state index contributed by atoms with van der Waals surface area (Å²) < 4.78 is 0. The predicted molar refractivity (Wildman–Crippen MR) is 44.6 cm³/mol. The first-order valence-corrected chi connectivity index (χ1v) is 3.94. The lowest BCUT2D eigenvalue weighted by molar-refractivity contribution is -0.117. The third-order valence-electron chi connectivity index (χ3n) is 1.36. The highest BCUT2D eigenvalue weighted by molar-refractivity contribution is 8.05. The second-order valence-corrected chi connectivity index (χ2v) is 3.26. The molecule has 2 heterocycles. The molecule has 1 atom stereocenters. The molecule has 0 aromatic carbocycles. The van der Waals surface area contributed by atoms with Crippen molar-refractivity contribution in [3.8, 4) is 0 Å². The standard InChI is InChI=1S/C6H5N3OS/c7-4(10)6-9-5-3(11-6)1-2-8-5/h1-2,6H,(H2,7,10). The lowest BCUT2D eigenvalue weighted by atomic mass is 10.5. The largest absolute Gasteiger partial charge is 0.367 e. The smallest absolute Gasteiger partial charge is 0.253 e. The van der Waals surface area contributed by atoms with E-state index in [1.165, 1.54) is 11.8 Å². The monoisotopic (exact) mass is 167 g/mol. The fourth-order valence-electron chi connectivity index (χ4n) is 0.882. The van der Waals surface area contributed by atoms with Crippen molar-refractivity contribution in [2.75, 3.05) is 0 Å². The number of carbonyl (C=O) groups is 1. The molecule has 5 heteroatoms. The third kappa shape index (κ3) is 0.970. The number of allylic oxidation sites excluding steroid dienone is 1. The molecule has 56 valence electrons. The summed E-state index contributed by atoms with van der Waals surface area (Å²) in [6.07, 6.45) is 3.49. The van der Waals surface area contributed by atoms with Crippen LogP contribution in [0.5, 0.6) is 0 Å². The highest BCUT2D eigenvalue weighted by atomic mass is 32.2. The molecule has 2 rings (SSSR count). The summed E-state index contributed by atoms with van der Waals surface area (Å²) in [4.78, 5) is 19.5. The van der Waals surface area contributed by atoms with Crippen LogP contribution in [-0.2, 0) is 4.79 Å². The molecule has 0 spiro atoms. The van der Waals surface area contributed by atoms with Gasteiger partial charge in [0.05, 0.1) is 4.91 Å². The van der Waals surface area contributed by atoms with E-state index in [0.29, 0.717) is 5.84 Å². The van der Waals surface area contributed by atoms with Gasteiger partial charge in [0, 0.05) is 6.21 Å². The Morgan fingerprint density at radius 3 is 3.18 bits per heavy atom. The van der Waals surface area contributed by atoms with E-state index in [4.69, 9.17) is 5.73 Å². The minimum atomic E-state index is -0.464. The van der Waals surface area contributed by atoms with Crippen LogP contribution in [0.4, 0.5) is 0 Å². The highest BCUT2D eigenvalue weighted by Gasteiger charge is 2.28. The lowest BCUT2D eigenvalue weighted by Crippen LogP contribution is -2.22. The Morgan fingerprint density at radius 2 is 2.55 bits per heavy atom. The summed E-state index contributed by atoms with van der Waals surface area (Å²) in [5, 5.41) is -0.464. The van der Waals surface area contributed by atoms with E-state index in [0.717, 1.165) is 4.91 Å². The van der Waals surface area contributed by atoms with Gasteiger partial charge in [-0.15, -0.1) is 0 Å². The van der Waals surface area contributed by atoms with E-state index in [9.17, 15) is 4.79 Å². The summed E-state index contributed by atoms with van der Waals surface area (Å²) in [5.41, 5.74) is 5.06. The van der Waals surface area contributed by atoms with Gasteiger partial charge in [-0.3, -0.25) is 4.79 Å². The molecule has 0 fully saturated rings. The Bertz CT molecular complexity index is 305. The fourth-order valence-corrected chi connectivity index (χ4v) is 1.74. The number of rotatable bonds is 1. The van der Waals surface area contributed by atoms with Crippen molar-refractivity contribution >= 4 is 29.7 Å². The molecule has 1 amide bonds. The van der Waals surface area contributed by atoms with E-state index in [2.05, 4.69) is 9.98 Å². The number of carbonyl (C=O) groups excluding carboxylic acids is 1. The summed E-state index contributed by atoms with van der Waals surface area (Å²) in [6, 6.07) is 0. The van der Waals surface area contributed by atoms with Gasteiger partial charge >= 0.3 is 0 Å². The molecule has 0 bridgehead atoms. The molecule has 11 heavy (non-hydrogen) atoms. The minimum Gasteiger partial charge on any atom is -0.367 e. The molecule has 0 saturated heterocycles. The van der Waals surface area contributed by atoms with Crippen molar-refractivity contribution in [2.24, 2.45) is 15.7 Å². The maximum atomic E-state index is 10.6. The molecule has 2 aliphatic heterocycles. The van der Waals surface area contributed by atoms with Crippen LogP contribution in [0.1, 0.15) is 0 Å². The van der Waals surface area contributed by atoms with Gasteiger partial charge in [-0.2, -0.15) is 0 Å². The van der Waals surface area contributed by atoms with Gasteiger partial charge in [0.1, 0.15) is 0 Å². The van der Waals surface area contributed by atoms with Gasteiger partial charge in [-0.05, 0) is 6.08 Å². The molecule has 0 saturated carbocycles. The van der Waals surface area contributed by atoms with Gasteiger partial charge in [0.25, 0.3) is 5.91 Å². The lowest BCUT2D eigenvalue weighted by Gasteiger charge is -1.96. The molecular formula is C6H5N3OS. The molecule has 0 aromatic rings. The average Bonchev–Trinajstić information content (AvgIpc) is 2.40. The molecule has 0 radical (unpaired) electrons. The average molecular weight is 167 g/mol. The Hall–Kier alpha value is -1.10. The quantitative estimate of drug-likeness (QED) is 0.593. The zero-order valence-electron chi connectivity index (χ0n) is 5.52. The first kappa shape index (κ1) is 6.60. The third-order valence-corrected chi connectivity index (χ3v) is 2.50. The Balaban J connectivity index is 2.27. The minimum absolute atomic E-state index is 0.409. The first-order valence-electron chi connectivity index (χ1n) is 3.06. The second kappa shape index (κ2) is 2.20. The van der Waals surface area contributed by atoms with E-state index in [-0.39, 0.29) is 0 Å². The van der Waals surface area contributed by atoms with Crippen LogP contribution in [0.25, 0.3) is 0 Å².